The molecular weight excluding hydrogens is 284 g/mol. The number of para-hydroxylation sites is 2. The van der Waals surface area contributed by atoms with Crippen LogP contribution in [0, 0.1) is 0 Å². The fourth-order valence-electron chi connectivity index (χ4n) is 2.49. The third kappa shape index (κ3) is 4.22. The summed E-state index contributed by atoms with van der Waals surface area (Å²) in [6, 6.07) is 7.81. The van der Waals surface area contributed by atoms with E-state index in [0.29, 0.717) is 0 Å². The van der Waals surface area contributed by atoms with Gasteiger partial charge in [-0.25, -0.2) is 4.98 Å². The first-order chi connectivity index (χ1) is 10.2. The van der Waals surface area contributed by atoms with Gasteiger partial charge in [-0.1, -0.05) is 37.7 Å². The number of thioether (sulfide) groups is 1. The monoisotopic (exact) mass is 308 g/mol. The molecule has 1 unspecified atom stereocenters. The van der Waals surface area contributed by atoms with Gasteiger partial charge in [-0.2, -0.15) is 0 Å². The zero-order valence-electron chi connectivity index (χ0n) is 12.8. The van der Waals surface area contributed by atoms with E-state index in [1.807, 2.05) is 24.3 Å². The summed E-state index contributed by atoms with van der Waals surface area (Å²) in [5.41, 5.74) is 1.60. The van der Waals surface area contributed by atoms with Crippen molar-refractivity contribution in [3.63, 3.8) is 0 Å². The van der Waals surface area contributed by atoms with Gasteiger partial charge in [-0.15, -0.1) is 0 Å². The highest BCUT2D eigenvalue weighted by molar-refractivity contribution is 7.99. The molecule has 5 heteroatoms. The fourth-order valence-corrected chi connectivity index (χ4v) is 3.27. The molecular formula is C16H24N2O2S. The van der Waals surface area contributed by atoms with Gasteiger partial charge in [-0.3, -0.25) is 0 Å². The lowest BCUT2D eigenvalue weighted by atomic mass is 9.91. The van der Waals surface area contributed by atoms with Crippen LogP contribution in [0.3, 0.4) is 0 Å². The number of nitrogens with one attached hydrogen (secondary N) is 1. The SMILES string of the molecule is CCNC(CC)(CO)CCCSc1nc2ccccc2o1. The molecule has 1 heterocycles. The van der Waals surface area contributed by atoms with Gasteiger partial charge in [0.15, 0.2) is 5.58 Å². The van der Waals surface area contributed by atoms with Crippen molar-refractivity contribution in [2.45, 2.75) is 43.9 Å². The summed E-state index contributed by atoms with van der Waals surface area (Å²) in [6.07, 6.45) is 2.91. The summed E-state index contributed by atoms with van der Waals surface area (Å²) < 4.78 is 5.69. The predicted octanol–water partition coefficient (Wildman–Crippen LogP) is 3.45. The molecule has 0 fully saturated rings. The van der Waals surface area contributed by atoms with Crippen molar-refractivity contribution < 1.29 is 9.52 Å². The maximum Gasteiger partial charge on any atom is 0.256 e. The molecule has 0 aliphatic rings. The summed E-state index contributed by atoms with van der Waals surface area (Å²) in [6.45, 7) is 5.26. The largest absolute Gasteiger partial charge is 0.431 e. The molecule has 0 bridgehead atoms. The van der Waals surface area contributed by atoms with Gasteiger partial charge in [0.1, 0.15) is 5.52 Å². The summed E-state index contributed by atoms with van der Waals surface area (Å²) >= 11 is 1.64. The fraction of sp³-hybridized carbons (Fsp3) is 0.562. The van der Waals surface area contributed by atoms with Gasteiger partial charge in [0, 0.05) is 11.3 Å². The van der Waals surface area contributed by atoms with E-state index in [-0.39, 0.29) is 12.1 Å². The van der Waals surface area contributed by atoms with Crippen LogP contribution >= 0.6 is 11.8 Å². The lowest BCUT2D eigenvalue weighted by Gasteiger charge is -2.31. The number of aromatic nitrogens is 1. The first-order valence-corrected chi connectivity index (χ1v) is 8.56. The molecule has 0 spiro atoms. The van der Waals surface area contributed by atoms with Crippen LogP contribution in [0.4, 0.5) is 0 Å². The number of benzene rings is 1. The van der Waals surface area contributed by atoms with Crippen molar-refractivity contribution in [1.82, 2.24) is 10.3 Å². The smallest absolute Gasteiger partial charge is 0.256 e. The topological polar surface area (TPSA) is 58.3 Å². The molecule has 1 aromatic carbocycles. The van der Waals surface area contributed by atoms with E-state index in [4.69, 9.17) is 4.42 Å². The molecule has 2 aromatic rings. The van der Waals surface area contributed by atoms with Crippen molar-refractivity contribution in [2.24, 2.45) is 0 Å². The van der Waals surface area contributed by atoms with Crippen LogP contribution in [0.2, 0.25) is 0 Å². The number of nitrogens with zero attached hydrogens (tertiary/aromatic N) is 1. The van der Waals surface area contributed by atoms with E-state index in [1.54, 1.807) is 11.8 Å². The highest BCUT2D eigenvalue weighted by Gasteiger charge is 2.25. The molecule has 2 N–H and O–H groups in total. The van der Waals surface area contributed by atoms with Crippen LogP contribution in [0.25, 0.3) is 11.1 Å². The maximum atomic E-state index is 9.62. The van der Waals surface area contributed by atoms with Gasteiger partial charge in [-0.05, 0) is 37.9 Å². The van der Waals surface area contributed by atoms with Crippen LogP contribution in [0.5, 0.6) is 0 Å². The van der Waals surface area contributed by atoms with Crippen LogP contribution in [-0.4, -0.2) is 34.5 Å². The number of aliphatic hydroxyl groups is 1. The molecule has 2 rings (SSSR count). The van der Waals surface area contributed by atoms with E-state index in [2.05, 4.69) is 24.1 Å². The maximum absolute atomic E-state index is 9.62. The van der Waals surface area contributed by atoms with Crippen molar-refractivity contribution in [2.75, 3.05) is 18.9 Å². The number of hydrogen-bond acceptors (Lipinski definition) is 5. The molecule has 116 valence electrons. The molecule has 1 atom stereocenters. The van der Waals surface area contributed by atoms with Crippen molar-refractivity contribution >= 4 is 22.9 Å². The van der Waals surface area contributed by atoms with Crippen LogP contribution in [0.15, 0.2) is 33.9 Å². The molecule has 4 nitrogen and oxygen atoms in total. The minimum Gasteiger partial charge on any atom is -0.431 e. The average molecular weight is 308 g/mol. The third-order valence-corrected chi connectivity index (χ3v) is 4.75. The molecule has 0 aliphatic carbocycles. The quantitative estimate of drug-likeness (QED) is 0.549. The number of aliphatic hydroxyl groups excluding tert-OH is 1. The Hall–Kier alpha value is -1.04. The summed E-state index contributed by atoms with van der Waals surface area (Å²) in [5.74, 6) is 0.944. The Bertz CT molecular complexity index is 519. The van der Waals surface area contributed by atoms with Crippen molar-refractivity contribution in [1.29, 1.82) is 0 Å². The van der Waals surface area contributed by atoms with Crippen LogP contribution in [-0.2, 0) is 0 Å². The second kappa shape index (κ2) is 7.82. The van der Waals surface area contributed by atoms with E-state index in [1.165, 1.54) is 0 Å². The molecule has 0 saturated heterocycles. The summed E-state index contributed by atoms with van der Waals surface area (Å²) in [5, 5.41) is 13.8. The van der Waals surface area contributed by atoms with E-state index in [0.717, 1.165) is 47.9 Å². The molecule has 0 amide bonds. The molecule has 1 aromatic heterocycles. The van der Waals surface area contributed by atoms with E-state index < -0.39 is 0 Å². The Labute approximate surface area is 130 Å². The normalized spacial score (nSPS) is 14.4. The predicted molar refractivity (Wildman–Crippen MR) is 87.8 cm³/mol. The standard InChI is InChI=1S/C16H24N2O2S/c1-3-16(12-19,17-4-2)10-7-11-21-15-18-13-8-5-6-9-14(13)20-15/h5-6,8-9,17,19H,3-4,7,10-12H2,1-2H3. The number of hydrogen-bond donors (Lipinski definition) is 2. The highest BCUT2D eigenvalue weighted by atomic mass is 32.2. The Morgan fingerprint density at radius 2 is 2.14 bits per heavy atom. The van der Waals surface area contributed by atoms with E-state index >= 15 is 0 Å². The van der Waals surface area contributed by atoms with Gasteiger partial charge >= 0.3 is 0 Å². The van der Waals surface area contributed by atoms with Crippen LogP contribution < -0.4 is 5.32 Å². The highest BCUT2D eigenvalue weighted by Crippen LogP contribution is 2.25. The summed E-state index contributed by atoms with van der Waals surface area (Å²) in [7, 11) is 0. The minimum atomic E-state index is -0.142. The Morgan fingerprint density at radius 1 is 1.33 bits per heavy atom. The number of oxazole rings is 1. The number of rotatable bonds is 9. The zero-order valence-corrected chi connectivity index (χ0v) is 13.6. The number of fused-ring (bicyclic) bond motifs is 1. The van der Waals surface area contributed by atoms with Crippen molar-refractivity contribution in [3.05, 3.63) is 24.3 Å². The first-order valence-electron chi connectivity index (χ1n) is 7.57. The molecule has 0 radical (unpaired) electrons. The van der Waals surface area contributed by atoms with Gasteiger partial charge in [0.2, 0.25) is 0 Å². The molecule has 0 aliphatic heterocycles. The Morgan fingerprint density at radius 3 is 2.81 bits per heavy atom. The lowest BCUT2D eigenvalue weighted by Crippen LogP contribution is -2.48. The van der Waals surface area contributed by atoms with Gasteiger partial charge < -0.3 is 14.8 Å². The summed E-state index contributed by atoms with van der Waals surface area (Å²) in [4.78, 5) is 4.45. The molecule has 0 saturated carbocycles. The first kappa shape index (κ1) is 16.3. The van der Waals surface area contributed by atoms with E-state index in [9.17, 15) is 5.11 Å². The Balaban J connectivity index is 1.83. The van der Waals surface area contributed by atoms with Gasteiger partial charge in [0.05, 0.1) is 6.61 Å². The molecule has 21 heavy (non-hydrogen) atoms. The average Bonchev–Trinajstić information content (AvgIpc) is 2.93. The number of likely N-dealkylation sites (N-methyl/N-ethyl adjacent to an activating group) is 1. The zero-order chi connectivity index (χ0) is 15.1. The second-order valence-corrected chi connectivity index (χ2v) is 6.27. The minimum absolute atomic E-state index is 0.142. The lowest BCUT2D eigenvalue weighted by molar-refractivity contribution is 0.148. The Kier molecular flexibility index (Phi) is 6.08. The third-order valence-electron chi connectivity index (χ3n) is 3.83. The van der Waals surface area contributed by atoms with Crippen molar-refractivity contribution in [3.8, 4) is 0 Å². The van der Waals surface area contributed by atoms with Crippen LogP contribution in [0.1, 0.15) is 33.1 Å². The second-order valence-electron chi connectivity index (χ2n) is 5.22. The van der Waals surface area contributed by atoms with Gasteiger partial charge in [0.25, 0.3) is 5.22 Å².